The number of aromatic nitrogens is 1. The van der Waals surface area contributed by atoms with Crippen molar-refractivity contribution in [1.82, 2.24) is 4.98 Å². The third-order valence-electron chi connectivity index (χ3n) is 2.64. The van der Waals surface area contributed by atoms with Crippen LogP contribution in [0, 0.1) is 11.3 Å². The smallest absolute Gasteiger partial charge is 0.161 e. The fourth-order valence-corrected chi connectivity index (χ4v) is 2.07. The van der Waals surface area contributed by atoms with Gasteiger partial charge in [-0.3, -0.25) is 0 Å². The summed E-state index contributed by atoms with van der Waals surface area (Å²) in [5.74, 6) is 0.695. The molecule has 19 heavy (non-hydrogen) atoms. The van der Waals surface area contributed by atoms with E-state index in [1.807, 2.05) is 42.3 Å². The van der Waals surface area contributed by atoms with E-state index < -0.39 is 0 Å². The maximum atomic E-state index is 8.92. The van der Waals surface area contributed by atoms with Gasteiger partial charge in [-0.05, 0) is 29.8 Å². The molecule has 0 aliphatic rings. The second-order valence-corrected chi connectivity index (χ2v) is 4.94. The fourth-order valence-electron chi connectivity index (χ4n) is 1.71. The number of hydrogen-bond acceptors (Lipinski definition) is 3. The van der Waals surface area contributed by atoms with Crippen LogP contribution in [0.4, 0.5) is 5.82 Å². The SMILES string of the molecule is CN(Cc1cccc(Cl)c1)c1ccc(Cl)c(C#N)n1. The zero-order valence-electron chi connectivity index (χ0n) is 10.3. The lowest BCUT2D eigenvalue weighted by Gasteiger charge is -2.18. The van der Waals surface area contributed by atoms with Gasteiger partial charge in [0.2, 0.25) is 0 Å². The average molecular weight is 292 g/mol. The van der Waals surface area contributed by atoms with E-state index in [2.05, 4.69) is 4.98 Å². The monoisotopic (exact) mass is 291 g/mol. The molecule has 0 atom stereocenters. The van der Waals surface area contributed by atoms with E-state index in [0.29, 0.717) is 22.4 Å². The van der Waals surface area contributed by atoms with Crippen LogP contribution < -0.4 is 4.90 Å². The Morgan fingerprint density at radius 2 is 2.05 bits per heavy atom. The molecule has 0 saturated carbocycles. The molecule has 5 heteroatoms. The minimum absolute atomic E-state index is 0.233. The number of pyridine rings is 1. The molecule has 0 fully saturated rings. The zero-order valence-corrected chi connectivity index (χ0v) is 11.8. The zero-order chi connectivity index (χ0) is 13.8. The fraction of sp³-hybridized carbons (Fsp3) is 0.143. The quantitative estimate of drug-likeness (QED) is 0.861. The van der Waals surface area contributed by atoms with Crippen LogP contribution in [-0.4, -0.2) is 12.0 Å². The van der Waals surface area contributed by atoms with Crippen molar-refractivity contribution in [3.8, 4) is 6.07 Å². The highest BCUT2D eigenvalue weighted by Gasteiger charge is 2.07. The van der Waals surface area contributed by atoms with E-state index in [1.54, 1.807) is 12.1 Å². The van der Waals surface area contributed by atoms with Gasteiger partial charge < -0.3 is 4.90 Å². The summed E-state index contributed by atoms with van der Waals surface area (Å²) in [6.45, 7) is 0.653. The third-order valence-corrected chi connectivity index (χ3v) is 3.18. The van der Waals surface area contributed by atoms with Crippen molar-refractivity contribution in [3.63, 3.8) is 0 Å². The number of rotatable bonds is 3. The summed E-state index contributed by atoms with van der Waals surface area (Å²) in [4.78, 5) is 6.14. The van der Waals surface area contributed by atoms with Gasteiger partial charge in [-0.1, -0.05) is 35.3 Å². The molecule has 3 nitrogen and oxygen atoms in total. The molecule has 0 aliphatic carbocycles. The molecule has 96 valence electrons. The van der Waals surface area contributed by atoms with Gasteiger partial charge in [0.15, 0.2) is 5.69 Å². The van der Waals surface area contributed by atoms with Gasteiger partial charge in [0.1, 0.15) is 11.9 Å². The standard InChI is InChI=1S/C14H11Cl2N3/c1-19(9-10-3-2-4-11(15)7-10)14-6-5-12(16)13(8-17)18-14/h2-7H,9H2,1H3. The van der Waals surface area contributed by atoms with Gasteiger partial charge in [-0.25, -0.2) is 4.98 Å². The molecule has 0 amide bonds. The molecule has 1 aromatic carbocycles. The van der Waals surface area contributed by atoms with Crippen LogP contribution in [0.3, 0.4) is 0 Å². The first kappa shape index (κ1) is 13.7. The maximum absolute atomic E-state index is 8.92. The van der Waals surface area contributed by atoms with Gasteiger partial charge in [0.25, 0.3) is 0 Å². The number of benzene rings is 1. The first-order chi connectivity index (χ1) is 9.10. The molecular weight excluding hydrogens is 281 g/mol. The summed E-state index contributed by atoms with van der Waals surface area (Å²) >= 11 is 11.8. The van der Waals surface area contributed by atoms with Crippen molar-refractivity contribution in [2.45, 2.75) is 6.54 Å². The summed E-state index contributed by atoms with van der Waals surface area (Å²) in [6.07, 6.45) is 0. The van der Waals surface area contributed by atoms with E-state index in [9.17, 15) is 0 Å². The summed E-state index contributed by atoms with van der Waals surface area (Å²) < 4.78 is 0. The van der Waals surface area contributed by atoms with E-state index in [1.165, 1.54) is 0 Å². The van der Waals surface area contributed by atoms with Crippen molar-refractivity contribution >= 4 is 29.0 Å². The Hall–Kier alpha value is -1.76. The van der Waals surface area contributed by atoms with Crippen LogP contribution >= 0.6 is 23.2 Å². The van der Waals surface area contributed by atoms with Gasteiger partial charge >= 0.3 is 0 Å². The van der Waals surface area contributed by atoms with Crippen molar-refractivity contribution < 1.29 is 0 Å². The van der Waals surface area contributed by atoms with Crippen molar-refractivity contribution in [2.24, 2.45) is 0 Å². The van der Waals surface area contributed by atoms with E-state index >= 15 is 0 Å². The summed E-state index contributed by atoms with van der Waals surface area (Å²) in [5.41, 5.74) is 1.31. The van der Waals surface area contributed by atoms with Gasteiger partial charge in [0.05, 0.1) is 5.02 Å². The highest BCUT2D eigenvalue weighted by molar-refractivity contribution is 6.31. The molecule has 0 aliphatic heterocycles. The highest BCUT2D eigenvalue weighted by atomic mass is 35.5. The first-order valence-electron chi connectivity index (χ1n) is 5.62. The minimum atomic E-state index is 0.233. The maximum Gasteiger partial charge on any atom is 0.161 e. The number of nitrogens with zero attached hydrogens (tertiary/aromatic N) is 3. The average Bonchev–Trinajstić information content (AvgIpc) is 2.39. The Bertz CT molecular complexity index is 635. The molecule has 2 rings (SSSR count). The van der Waals surface area contributed by atoms with E-state index in [0.717, 1.165) is 5.56 Å². The lowest BCUT2D eigenvalue weighted by atomic mass is 10.2. The lowest BCUT2D eigenvalue weighted by Crippen LogP contribution is -2.17. The number of hydrogen-bond donors (Lipinski definition) is 0. The molecule has 0 saturated heterocycles. The second kappa shape index (κ2) is 5.92. The largest absolute Gasteiger partial charge is 0.355 e. The molecule has 0 unspecified atom stereocenters. The topological polar surface area (TPSA) is 39.9 Å². The van der Waals surface area contributed by atoms with Gasteiger partial charge in [-0.15, -0.1) is 0 Å². The second-order valence-electron chi connectivity index (χ2n) is 4.10. The Morgan fingerprint density at radius 1 is 1.26 bits per heavy atom. The number of nitriles is 1. The molecule has 1 heterocycles. The summed E-state index contributed by atoms with van der Waals surface area (Å²) in [7, 11) is 1.90. The number of anilines is 1. The highest BCUT2D eigenvalue weighted by Crippen LogP contribution is 2.20. The normalized spacial score (nSPS) is 10.0. The Labute approximate surface area is 122 Å². The van der Waals surface area contributed by atoms with E-state index in [-0.39, 0.29) is 5.69 Å². The first-order valence-corrected chi connectivity index (χ1v) is 6.38. The third kappa shape index (κ3) is 3.37. The van der Waals surface area contributed by atoms with Crippen LogP contribution in [-0.2, 0) is 6.54 Å². The molecular formula is C14H11Cl2N3. The van der Waals surface area contributed by atoms with Crippen LogP contribution in [0.1, 0.15) is 11.3 Å². The summed E-state index contributed by atoms with van der Waals surface area (Å²) in [5, 5.41) is 9.98. The molecule has 0 spiro atoms. The van der Waals surface area contributed by atoms with Crippen molar-refractivity contribution in [1.29, 1.82) is 5.26 Å². The molecule has 2 aromatic rings. The van der Waals surface area contributed by atoms with Crippen molar-refractivity contribution in [3.05, 3.63) is 57.7 Å². The molecule has 0 N–H and O–H groups in total. The minimum Gasteiger partial charge on any atom is -0.355 e. The van der Waals surface area contributed by atoms with Crippen molar-refractivity contribution in [2.75, 3.05) is 11.9 Å². The Balaban J connectivity index is 2.21. The number of halogens is 2. The van der Waals surface area contributed by atoms with Crippen LogP contribution in [0.15, 0.2) is 36.4 Å². The molecule has 0 radical (unpaired) electrons. The molecule has 1 aromatic heterocycles. The summed E-state index contributed by atoms with van der Waals surface area (Å²) in [6, 6.07) is 13.1. The lowest BCUT2D eigenvalue weighted by molar-refractivity contribution is 0.896. The Morgan fingerprint density at radius 3 is 2.74 bits per heavy atom. The van der Waals surface area contributed by atoms with Gasteiger partial charge in [0, 0.05) is 18.6 Å². The van der Waals surface area contributed by atoms with Crippen LogP contribution in [0.2, 0.25) is 10.0 Å². The predicted molar refractivity (Wildman–Crippen MR) is 77.5 cm³/mol. The molecule has 0 bridgehead atoms. The predicted octanol–water partition coefficient (Wildman–Crippen LogP) is 3.90. The van der Waals surface area contributed by atoms with E-state index in [4.69, 9.17) is 28.5 Å². The Kier molecular flexibility index (Phi) is 4.26. The van der Waals surface area contributed by atoms with Gasteiger partial charge in [-0.2, -0.15) is 5.26 Å². The van der Waals surface area contributed by atoms with Crippen LogP contribution in [0.5, 0.6) is 0 Å². The van der Waals surface area contributed by atoms with Crippen LogP contribution in [0.25, 0.3) is 0 Å².